The Kier molecular flexibility index (Phi) is 5.79. The molecule has 0 saturated carbocycles. The summed E-state index contributed by atoms with van der Waals surface area (Å²) in [5.41, 5.74) is 6.55. The molecule has 1 unspecified atom stereocenters. The number of aryl methyl sites for hydroxylation is 1. The van der Waals surface area contributed by atoms with Crippen molar-refractivity contribution >= 4 is 18.4 Å². The smallest absolute Gasteiger partial charge is 0.0303 e. The summed E-state index contributed by atoms with van der Waals surface area (Å²) >= 11 is 0. The van der Waals surface area contributed by atoms with Crippen molar-refractivity contribution in [3.8, 4) is 0 Å². The molecule has 1 aliphatic rings. The third-order valence-electron chi connectivity index (χ3n) is 4.72. The molecule has 0 N–H and O–H groups in total. The van der Waals surface area contributed by atoms with Crippen LogP contribution in [0.1, 0.15) is 35.6 Å². The van der Waals surface area contributed by atoms with Gasteiger partial charge in [-0.05, 0) is 72.6 Å². The topological polar surface area (TPSA) is 12.4 Å². The highest BCUT2D eigenvalue weighted by atomic mass is 14.7. The summed E-state index contributed by atoms with van der Waals surface area (Å²) < 4.78 is 0. The van der Waals surface area contributed by atoms with Crippen molar-refractivity contribution in [3.05, 3.63) is 94.7 Å². The first-order valence-electron chi connectivity index (χ1n) is 8.94. The van der Waals surface area contributed by atoms with E-state index in [1.165, 1.54) is 27.8 Å². The quantitative estimate of drug-likeness (QED) is 0.454. The van der Waals surface area contributed by atoms with E-state index >= 15 is 0 Å². The normalized spacial score (nSPS) is 17.4. The second kappa shape index (κ2) is 8.43. The third-order valence-corrected chi connectivity index (χ3v) is 4.72. The number of hydrogen-bond donors (Lipinski definition) is 0. The van der Waals surface area contributed by atoms with Crippen molar-refractivity contribution in [2.75, 3.05) is 0 Å². The van der Waals surface area contributed by atoms with Crippen LogP contribution in [-0.2, 0) is 6.42 Å². The molecule has 0 bridgehead atoms. The molecule has 0 aromatic heterocycles. The maximum absolute atomic E-state index is 4.56. The molecule has 0 saturated heterocycles. The van der Waals surface area contributed by atoms with Gasteiger partial charge in [-0.15, -0.1) is 0 Å². The van der Waals surface area contributed by atoms with E-state index in [2.05, 4.69) is 91.7 Å². The second-order valence-electron chi connectivity index (χ2n) is 6.50. The van der Waals surface area contributed by atoms with Crippen LogP contribution in [0.2, 0.25) is 0 Å². The van der Waals surface area contributed by atoms with E-state index in [0.29, 0.717) is 5.92 Å². The molecule has 0 fully saturated rings. The Hall–Kier alpha value is -2.67. The van der Waals surface area contributed by atoms with Crippen LogP contribution in [0.25, 0.3) is 12.2 Å². The Morgan fingerprint density at radius 1 is 1.08 bits per heavy atom. The zero-order chi connectivity index (χ0) is 17.5. The lowest BCUT2D eigenvalue weighted by Gasteiger charge is -2.23. The highest BCUT2D eigenvalue weighted by Gasteiger charge is 2.18. The van der Waals surface area contributed by atoms with Gasteiger partial charge in [0.15, 0.2) is 0 Å². The number of hydrogen-bond acceptors (Lipinski definition) is 1. The van der Waals surface area contributed by atoms with Gasteiger partial charge in [0.05, 0.1) is 0 Å². The van der Waals surface area contributed by atoms with Crippen LogP contribution in [0, 0.1) is 12.8 Å². The first kappa shape index (κ1) is 17.2. The second-order valence-corrected chi connectivity index (χ2v) is 6.50. The van der Waals surface area contributed by atoms with Crippen molar-refractivity contribution in [2.45, 2.75) is 26.7 Å². The fourth-order valence-corrected chi connectivity index (χ4v) is 3.23. The molecular weight excluding hydrogens is 302 g/mol. The monoisotopic (exact) mass is 327 g/mol. The summed E-state index contributed by atoms with van der Waals surface area (Å²) in [5, 5.41) is 0. The van der Waals surface area contributed by atoms with Gasteiger partial charge in [0, 0.05) is 12.4 Å². The number of rotatable bonds is 5. The highest BCUT2D eigenvalue weighted by Crippen LogP contribution is 2.30. The van der Waals surface area contributed by atoms with Crippen molar-refractivity contribution in [1.29, 1.82) is 0 Å². The van der Waals surface area contributed by atoms with E-state index in [1.54, 1.807) is 0 Å². The fourth-order valence-electron chi connectivity index (χ4n) is 3.23. The SMILES string of the molecule is CC=CCC1Cc2ccccc2C=C1C=N/C=C\c1ccccc1C. The van der Waals surface area contributed by atoms with E-state index in [4.69, 9.17) is 0 Å². The van der Waals surface area contributed by atoms with E-state index in [0.717, 1.165) is 12.8 Å². The zero-order valence-electron chi connectivity index (χ0n) is 15.0. The first-order valence-corrected chi connectivity index (χ1v) is 8.94. The van der Waals surface area contributed by atoms with E-state index < -0.39 is 0 Å². The van der Waals surface area contributed by atoms with Crippen molar-refractivity contribution in [1.82, 2.24) is 0 Å². The summed E-state index contributed by atoms with van der Waals surface area (Å²) in [4.78, 5) is 4.56. The maximum atomic E-state index is 4.56. The van der Waals surface area contributed by atoms with Crippen molar-refractivity contribution in [3.63, 3.8) is 0 Å². The Morgan fingerprint density at radius 2 is 1.88 bits per heavy atom. The minimum Gasteiger partial charge on any atom is -0.264 e. The Labute approximate surface area is 151 Å². The predicted molar refractivity (Wildman–Crippen MR) is 110 cm³/mol. The lowest BCUT2D eigenvalue weighted by Crippen LogP contribution is -2.13. The summed E-state index contributed by atoms with van der Waals surface area (Å²) in [6.07, 6.45) is 14.8. The van der Waals surface area contributed by atoms with Gasteiger partial charge < -0.3 is 0 Å². The van der Waals surface area contributed by atoms with Crippen LogP contribution in [0.5, 0.6) is 0 Å². The fraction of sp³-hybridized carbons (Fsp3) is 0.208. The average Bonchev–Trinajstić information content (AvgIpc) is 2.64. The number of benzene rings is 2. The molecule has 25 heavy (non-hydrogen) atoms. The molecule has 0 spiro atoms. The van der Waals surface area contributed by atoms with Crippen LogP contribution in [0.3, 0.4) is 0 Å². The maximum Gasteiger partial charge on any atom is 0.0303 e. The van der Waals surface area contributed by atoms with Crippen molar-refractivity contribution < 1.29 is 0 Å². The number of nitrogens with zero attached hydrogens (tertiary/aromatic N) is 1. The van der Waals surface area contributed by atoms with Gasteiger partial charge >= 0.3 is 0 Å². The molecule has 1 nitrogen and oxygen atoms in total. The molecule has 0 radical (unpaired) electrons. The molecule has 1 atom stereocenters. The number of aliphatic imine (C=N–C) groups is 1. The lowest BCUT2D eigenvalue weighted by molar-refractivity contribution is 0.637. The van der Waals surface area contributed by atoms with Gasteiger partial charge in [0.1, 0.15) is 0 Å². The molecule has 0 amide bonds. The highest BCUT2D eigenvalue weighted by molar-refractivity contribution is 5.88. The molecule has 126 valence electrons. The van der Waals surface area contributed by atoms with Crippen LogP contribution in [0.15, 0.2) is 77.4 Å². The van der Waals surface area contributed by atoms with Crippen LogP contribution < -0.4 is 0 Å². The van der Waals surface area contributed by atoms with Gasteiger partial charge in [0.25, 0.3) is 0 Å². The molecule has 0 aliphatic heterocycles. The third kappa shape index (κ3) is 4.45. The number of allylic oxidation sites excluding steroid dienone is 3. The standard InChI is InChI=1S/C24H25N/c1-3-4-10-23-16-21-12-7-8-13-22(21)17-24(23)18-25-15-14-20-11-6-5-9-19(20)2/h3-9,11-15,17-18,23H,10,16H2,1-2H3/b4-3?,15-14-,25-18?. The summed E-state index contributed by atoms with van der Waals surface area (Å²) in [7, 11) is 0. The van der Waals surface area contributed by atoms with Crippen LogP contribution in [-0.4, -0.2) is 6.21 Å². The minimum absolute atomic E-state index is 0.502. The van der Waals surface area contributed by atoms with Gasteiger partial charge in [-0.25, -0.2) is 0 Å². The Balaban J connectivity index is 1.80. The molecule has 0 heterocycles. The molecule has 1 aliphatic carbocycles. The van der Waals surface area contributed by atoms with E-state index in [1.807, 2.05) is 12.4 Å². The van der Waals surface area contributed by atoms with Gasteiger partial charge in [0.2, 0.25) is 0 Å². The molecule has 2 aromatic rings. The van der Waals surface area contributed by atoms with E-state index in [9.17, 15) is 0 Å². The summed E-state index contributed by atoms with van der Waals surface area (Å²) in [5.74, 6) is 0.502. The number of fused-ring (bicyclic) bond motifs is 1. The molecular formula is C24H25N. The Morgan fingerprint density at radius 3 is 2.72 bits per heavy atom. The zero-order valence-corrected chi connectivity index (χ0v) is 15.0. The Bertz CT molecular complexity index is 837. The molecule has 2 aromatic carbocycles. The van der Waals surface area contributed by atoms with E-state index in [-0.39, 0.29) is 0 Å². The average molecular weight is 327 g/mol. The van der Waals surface area contributed by atoms with Crippen molar-refractivity contribution in [2.24, 2.45) is 10.9 Å². The van der Waals surface area contributed by atoms with Gasteiger partial charge in [-0.1, -0.05) is 60.7 Å². The lowest BCUT2D eigenvalue weighted by atomic mass is 9.82. The summed E-state index contributed by atoms with van der Waals surface area (Å²) in [6.45, 7) is 4.20. The van der Waals surface area contributed by atoms with Gasteiger partial charge in [-0.3, -0.25) is 4.99 Å². The van der Waals surface area contributed by atoms with Crippen LogP contribution in [0.4, 0.5) is 0 Å². The minimum atomic E-state index is 0.502. The predicted octanol–water partition coefficient (Wildman–Crippen LogP) is 6.26. The molecule has 1 heteroatoms. The molecule has 3 rings (SSSR count). The first-order chi connectivity index (χ1) is 12.3. The van der Waals surface area contributed by atoms with Crippen LogP contribution >= 0.6 is 0 Å². The summed E-state index contributed by atoms with van der Waals surface area (Å²) in [6, 6.07) is 17.0. The largest absolute Gasteiger partial charge is 0.264 e. The van der Waals surface area contributed by atoms with Gasteiger partial charge in [-0.2, -0.15) is 0 Å².